The van der Waals surface area contributed by atoms with Crippen molar-refractivity contribution in [3.8, 4) is 0 Å². The van der Waals surface area contributed by atoms with Crippen molar-refractivity contribution in [3.63, 3.8) is 0 Å². The summed E-state index contributed by atoms with van der Waals surface area (Å²) in [6, 6.07) is 0.538. The SMILES string of the molecule is CCC1CCCN1C(=O)CCC1CCNCC1.Cl. The van der Waals surface area contributed by atoms with Crippen molar-refractivity contribution in [2.45, 2.75) is 57.9 Å². The van der Waals surface area contributed by atoms with Crippen molar-refractivity contribution >= 4 is 18.3 Å². The van der Waals surface area contributed by atoms with E-state index in [0.717, 1.165) is 44.8 Å². The normalized spacial score (nSPS) is 24.9. The van der Waals surface area contributed by atoms with Crippen LogP contribution in [0.5, 0.6) is 0 Å². The summed E-state index contributed by atoms with van der Waals surface area (Å²) in [6.07, 6.45) is 7.94. The molecule has 2 saturated heterocycles. The maximum absolute atomic E-state index is 12.2. The van der Waals surface area contributed by atoms with Crippen LogP contribution in [0.15, 0.2) is 0 Å². The van der Waals surface area contributed by atoms with Crippen LogP contribution in [-0.4, -0.2) is 36.5 Å². The fourth-order valence-corrected chi connectivity index (χ4v) is 3.23. The summed E-state index contributed by atoms with van der Waals surface area (Å²) < 4.78 is 0. The van der Waals surface area contributed by atoms with Crippen LogP contribution in [0.25, 0.3) is 0 Å². The Bertz CT molecular complexity index is 254. The Morgan fingerprint density at radius 3 is 2.67 bits per heavy atom. The van der Waals surface area contributed by atoms with Gasteiger partial charge in [-0.3, -0.25) is 4.79 Å². The van der Waals surface area contributed by atoms with Crippen molar-refractivity contribution < 1.29 is 4.79 Å². The minimum absolute atomic E-state index is 0. The van der Waals surface area contributed by atoms with Crippen LogP contribution in [0, 0.1) is 5.92 Å². The molecule has 4 heteroatoms. The Balaban J connectivity index is 0.00000162. The molecule has 0 aromatic carbocycles. The van der Waals surface area contributed by atoms with Gasteiger partial charge < -0.3 is 10.2 Å². The number of carbonyl (C=O) groups excluding carboxylic acids is 1. The molecule has 0 spiro atoms. The van der Waals surface area contributed by atoms with Gasteiger partial charge in [0.2, 0.25) is 5.91 Å². The maximum Gasteiger partial charge on any atom is 0.222 e. The lowest BCUT2D eigenvalue weighted by Gasteiger charge is -2.26. The first kappa shape index (κ1) is 15.8. The zero-order valence-electron chi connectivity index (χ0n) is 11.5. The smallest absolute Gasteiger partial charge is 0.222 e. The molecule has 1 unspecified atom stereocenters. The van der Waals surface area contributed by atoms with Gasteiger partial charge in [-0.1, -0.05) is 6.92 Å². The number of piperidine rings is 1. The number of hydrogen-bond acceptors (Lipinski definition) is 2. The van der Waals surface area contributed by atoms with Gasteiger partial charge in [-0.25, -0.2) is 0 Å². The van der Waals surface area contributed by atoms with Gasteiger partial charge in [-0.05, 0) is 57.5 Å². The number of halogens is 1. The molecule has 106 valence electrons. The van der Waals surface area contributed by atoms with E-state index in [-0.39, 0.29) is 12.4 Å². The largest absolute Gasteiger partial charge is 0.340 e. The van der Waals surface area contributed by atoms with Crippen LogP contribution in [0.4, 0.5) is 0 Å². The van der Waals surface area contributed by atoms with Crippen LogP contribution in [0.2, 0.25) is 0 Å². The van der Waals surface area contributed by atoms with Gasteiger partial charge in [0.15, 0.2) is 0 Å². The molecular formula is C14H27ClN2O. The number of carbonyl (C=O) groups is 1. The third-order valence-corrected chi connectivity index (χ3v) is 4.39. The average molecular weight is 275 g/mol. The quantitative estimate of drug-likeness (QED) is 0.855. The third-order valence-electron chi connectivity index (χ3n) is 4.39. The molecule has 1 atom stereocenters. The zero-order valence-corrected chi connectivity index (χ0v) is 12.3. The molecule has 2 rings (SSSR count). The lowest BCUT2D eigenvalue weighted by molar-refractivity contribution is -0.132. The molecule has 2 aliphatic rings. The Morgan fingerprint density at radius 2 is 2.00 bits per heavy atom. The number of rotatable bonds is 4. The molecule has 18 heavy (non-hydrogen) atoms. The van der Waals surface area contributed by atoms with E-state index in [1.807, 2.05) is 0 Å². The number of nitrogens with one attached hydrogen (secondary N) is 1. The average Bonchev–Trinajstić information content (AvgIpc) is 2.85. The molecule has 1 N–H and O–H groups in total. The minimum atomic E-state index is 0. The Morgan fingerprint density at radius 1 is 1.28 bits per heavy atom. The molecule has 2 heterocycles. The van der Waals surface area contributed by atoms with Crippen molar-refractivity contribution in [1.29, 1.82) is 0 Å². The number of hydrogen-bond donors (Lipinski definition) is 1. The van der Waals surface area contributed by atoms with Gasteiger partial charge in [-0.2, -0.15) is 0 Å². The first-order chi connectivity index (χ1) is 8.31. The van der Waals surface area contributed by atoms with E-state index in [1.165, 1.54) is 25.7 Å². The monoisotopic (exact) mass is 274 g/mol. The van der Waals surface area contributed by atoms with Crippen molar-refractivity contribution in [2.75, 3.05) is 19.6 Å². The van der Waals surface area contributed by atoms with E-state index in [9.17, 15) is 4.79 Å². The summed E-state index contributed by atoms with van der Waals surface area (Å²) in [5, 5.41) is 3.38. The third kappa shape index (κ3) is 4.13. The van der Waals surface area contributed by atoms with Gasteiger partial charge in [-0.15, -0.1) is 12.4 Å². The first-order valence-electron chi connectivity index (χ1n) is 7.31. The molecule has 2 fully saturated rings. The van der Waals surface area contributed by atoms with E-state index in [2.05, 4.69) is 17.1 Å². The minimum Gasteiger partial charge on any atom is -0.340 e. The highest BCUT2D eigenvalue weighted by atomic mass is 35.5. The highest BCUT2D eigenvalue weighted by Crippen LogP contribution is 2.23. The molecule has 0 aliphatic carbocycles. The van der Waals surface area contributed by atoms with Crippen LogP contribution in [-0.2, 0) is 4.79 Å². The summed E-state index contributed by atoms with van der Waals surface area (Å²) in [5.41, 5.74) is 0. The second-order valence-electron chi connectivity index (χ2n) is 5.52. The first-order valence-corrected chi connectivity index (χ1v) is 7.31. The van der Waals surface area contributed by atoms with Crippen molar-refractivity contribution in [1.82, 2.24) is 10.2 Å². The second-order valence-corrected chi connectivity index (χ2v) is 5.52. The van der Waals surface area contributed by atoms with Gasteiger partial charge >= 0.3 is 0 Å². The summed E-state index contributed by atoms with van der Waals surface area (Å²) in [5.74, 6) is 1.19. The number of likely N-dealkylation sites (tertiary alicyclic amines) is 1. The van der Waals surface area contributed by atoms with Crippen LogP contribution >= 0.6 is 12.4 Å². The predicted octanol–water partition coefficient (Wildman–Crippen LogP) is 2.59. The molecule has 1 amide bonds. The van der Waals surface area contributed by atoms with E-state index in [4.69, 9.17) is 0 Å². The maximum atomic E-state index is 12.2. The second kappa shape index (κ2) is 8.00. The van der Waals surface area contributed by atoms with Gasteiger partial charge in [0, 0.05) is 19.0 Å². The highest BCUT2D eigenvalue weighted by molar-refractivity contribution is 5.85. The Kier molecular flexibility index (Phi) is 7.02. The van der Waals surface area contributed by atoms with Gasteiger partial charge in [0.1, 0.15) is 0 Å². The van der Waals surface area contributed by atoms with Crippen LogP contribution < -0.4 is 5.32 Å². The molecule has 3 nitrogen and oxygen atoms in total. The van der Waals surface area contributed by atoms with E-state index < -0.39 is 0 Å². The van der Waals surface area contributed by atoms with Crippen molar-refractivity contribution in [2.24, 2.45) is 5.92 Å². The summed E-state index contributed by atoms with van der Waals surface area (Å²) in [7, 11) is 0. The molecule has 0 bridgehead atoms. The fourth-order valence-electron chi connectivity index (χ4n) is 3.23. The molecule has 0 aromatic heterocycles. The lowest BCUT2D eigenvalue weighted by Crippen LogP contribution is -2.35. The standard InChI is InChI=1S/C14H26N2O.ClH/c1-2-13-4-3-11-16(13)14(17)6-5-12-7-9-15-10-8-12;/h12-13,15H,2-11H2,1H3;1H. The summed E-state index contributed by atoms with van der Waals surface area (Å²) in [6.45, 7) is 5.48. The zero-order chi connectivity index (χ0) is 12.1. The topological polar surface area (TPSA) is 32.3 Å². The summed E-state index contributed by atoms with van der Waals surface area (Å²) in [4.78, 5) is 14.3. The molecule has 0 aromatic rings. The van der Waals surface area contributed by atoms with Crippen LogP contribution in [0.1, 0.15) is 51.9 Å². The van der Waals surface area contributed by atoms with Gasteiger partial charge in [0.25, 0.3) is 0 Å². The molecular weight excluding hydrogens is 248 g/mol. The van der Waals surface area contributed by atoms with Gasteiger partial charge in [0.05, 0.1) is 0 Å². The summed E-state index contributed by atoms with van der Waals surface area (Å²) >= 11 is 0. The van der Waals surface area contributed by atoms with Crippen molar-refractivity contribution in [3.05, 3.63) is 0 Å². The Labute approximate surface area is 117 Å². The fraction of sp³-hybridized carbons (Fsp3) is 0.929. The van der Waals surface area contributed by atoms with E-state index >= 15 is 0 Å². The predicted molar refractivity (Wildman–Crippen MR) is 77.1 cm³/mol. The number of nitrogens with zero attached hydrogens (tertiary/aromatic N) is 1. The molecule has 2 aliphatic heterocycles. The van der Waals surface area contributed by atoms with E-state index in [1.54, 1.807) is 0 Å². The lowest BCUT2D eigenvalue weighted by atomic mass is 9.93. The molecule has 0 radical (unpaired) electrons. The highest BCUT2D eigenvalue weighted by Gasteiger charge is 2.27. The number of amides is 1. The molecule has 0 saturated carbocycles. The van der Waals surface area contributed by atoms with Crippen LogP contribution in [0.3, 0.4) is 0 Å². The van der Waals surface area contributed by atoms with E-state index in [0.29, 0.717) is 11.9 Å². The Hall–Kier alpha value is -0.280.